The maximum Gasteiger partial charge on any atom is 0.270 e. The van der Waals surface area contributed by atoms with Gasteiger partial charge in [0.05, 0.1) is 22.4 Å². The molecule has 0 aliphatic rings. The van der Waals surface area contributed by atoms with Gasteiger partial charge in [0, 0.05) is 30.0 Å². The van der Waals surface area contributed by atoms with Crippen molar-refractivity contribution in [3.8, 4) is 11.5 Å². The molecule has 0 fully saturated rings. The van der Waals surface area contributed by atoms with Gasteiger partial charge in [0.25, 0.3) is 5.56 Å². The van der Waals surface area contributed by atoms with E-state index in [9.17, 15) is 15.0 Å². The number of phenols is 2. The Morgan fingerprint density at radius 3 is 1.92 bits per heavy atom. The van der Waals surface area contributed by atoms with Crippen LogP contribution in [0.4, 0.5) is 11.4 Å². The Hall–Kier alpha value is -5.04. The zero-order valence-corrected chi connectivity index (χ0v) is 19.2. The fourth-order valence-electron chi connectivity index (χ4n) is 3.74. The van der Waals surface area contributed by atoms with Gasteiger partial charge >= 0.3 is 0 Å². The number of hydrogen-bond donors (Lipinski definition) is 3. The van der Waals surface area contributed by atoms with Crippen LogP contribution in [0.3, 0.4) is 0 Å². The Bertz CT molecular complexity index is 1660. The Morgan fingerprint density at radius 1 is 0.750 bits per heavy atom. The number of nitrogens with zero attached hydrogens (tertiary/aromatic N) is 3. The normalized spacial score (nSPS) is 11.6. The maximum absolute atomic E-state index is 12.8. The Kier molecular flexibility index (Phi) is 6.36. The largest absolute Gasteiger partial charge is 0.507 e. The van der Waals surface area contributed by atoms with Crippen molar-refractivity contribution in [2.45, 2.75) is 6.42 Å². The lowest BCUT2D eigenvalue weighted by Crippen LogP contribution is -2.15. The summed E-state index contributed by atoms with van der Waals surface area (Å²) in [6, 6.07) is 26.8. The van der Waals surface area contributed by atoms with Gasteiger partial charge in [-0.1, -0.05) is 54.6 Å². The standard InChI is InChI=1S/C29H22N4O3/c34-27-12-6-4-10-20(27)17-30-22-15-24-25(16-23(22)31-18-21-11-5-7-13-28(21)35)33-29(36)26(32-24)14-19-8-2-1-3-9-19/h1-13,15-18,34-35H,14H2,(H,33,36). The number of hydrogen-bond acceptors (Lipinski definition) is 6. The number of H-pyrrole nitrogens is 1. The van der Waals surface area contributed by atoms with Crippen LogP contribution in [0.15, 0.2) is 106 Å². The van der Waals surface area contributed by atoms with Crippen LogP contribution >= 0.6 is 0 Å². The van der Waals surface area contributed by atoms with E-state index in [1.165, 1.54) is 6.21 Å². The summed E-state index contributed by atoms with van der Waals surface area (Å²) >= 11 is 0. The van der Waals surface area contributed by atoms with E-state index >= 15 is 0 Å². The average molecular weight is 475 g/mol. The van der Waals surface area contributed by atoms with Crippen LogP contribution < -0.4 is 5.56 Å². The van der Waals surface area contributed by atoms with Gasteiger partial charge in [0.15, 0.2) is 0 Å². The number of rotatable bonds is 6. The maximum atomic E-state index is 12.8. The van der Waals surface area contributed by atoms with Crippen molar-refractivity contribution in [1.29, 1.82) is 0 Å². The summed E-state index contributed by atoms with van der Waals surface area (Å²) in [7, 11) is 0. The zero-order chi connectivity index (χ0) is 24.9. The number of benzene rings is 4. The van der Waals surface area contributed by atoms with Crippen LogP contribution in [-0.2, 0) is 6.42 Å². The molecule has 0 saturated carbocycles. The van der Waals surface area contributed by atoms with Crippen LogP contribution in [0.2, 0.25) is 0 Å². The van der Waals surface area contributed by atoms with E-state index < -0.39 is 0 Å². The highest BCUT2D eigenvalue weighted by atomic mass is 16.3. The quantitative estimate of drug-likeness (QED) is 0.285. The SMILES string of the molecule is O=c1[nH]c2cc(N=Cc3ccccc3O)c(N=Cc3ccccc3O)cc2nc1Cc1ccccc1. The van der Waals surface area contributed by atoms with Crippen molar-refractivity contribution in [3.05, 3.63) is 124 Å². The van der Waals surface area contributed by atoms with Crippen molar-refractivity contribution < 1.29 is 10.2 Å². The molecule has 7 heteroatoms. The molecule has 0 aliphatic heterocycles. The summed E-state index contributed by atoms with van der Waals surface area (Å²) in [6.45, 7) is 0. The van der Waals surface area contributed by atoms with Crippen molar-refractivity contribution in [2.75, 3.05) is 0 Å². The molecule has 0 saturated heterocycles. The second-order valence-corrected chi connectivity index (χ2v) is 8.17. The lowest BCUT2D eigenvalue weighted by Gasteiger charge is -2.07. The minimum atomic E-state index is -0.271. The molecule has 5 aromatic rings. The van der Waals surface area contributed by atoms with Gasteiger partial charge in [-0.2, -0.15) is 0 Å². The van der Waals surface area contributed by atoms with E-state index in [0.717, 1.165) is 5.56 Å². The van der Waals surface area contributed by atoms with Crippen molar-refractivity contribution in [3.63, 3.8) is 0 Å². The molecule has 0 spiro atoms. The molecule has 0 bridgehead atoms. The second-order valence-electron chi connectivity index (χ2n) is 8.17. The van der Waals surface area contributed by atoms with E-state index in [4.69, 9.17) is 0 Å². The van der Waals surface area contributed by atoms with E-state index in [1.807, 2.05) is 30.3 Å². The van der Waals surface area contributed by atoms with Gasteiger partial charge in [-0.3, -0.25) is 14.8 Å². The molecule has 3 N–H and O–H groups in total. The summed E-state index contributed by atoms with van der Waals surface area (Å²) in [5.74, 6) is 0.204. The number of fused-ring (bicyclic) bond motifs is 1. The predicted molar refractivity (Wildman–Crippen MR) is 142 cm³/mol. The van der Waals surface area contributed by atoms with E-state index in [-0.39, 0.29) is 17.1 Å². The lowest BCUT2D eigenvalue weighted by molar-refractivity contribution is 0.474. The summed E-state index contributed by atoms with van der Waals surface area (Å²) in [5, 5.41) is 20.2. The van der Waals surface area contributed by atoms with Crippen molar-refractivity contribution >= 4 is 34.8 Å². The fraction of sp³-hybridized carbons (Fsp3) is 0.0345. The van der Waals surface area contributed by atoms with Crippen LogP contribution in [0.25, 0.3) is 11.0 Å². The third-order valence-corrected chi connectivity index (χ3v) is 5.63. The van der Waals surface area contributed by atoms with Crippen LogP contribution in [0.1, 0.15) is 22.4 Å². The highest BCUT2D eigenvalue weighted by Gasteiger charge is 2.10. The van der Waals surface area contributed by atoms with Gasteiger partial charge in [-0.05, 0) is 42.0 Å². The zero-order valence-electron chi connectivity index (χ0n) is 19.2. The molecule has 7 nitrogen and oxygen atoms in total. The fourth-order valence-corrected chi connectivity index (χ4v) is 3.74. The molecule has 36 heavy (non-hydrogen) atoms. The molecule has 1 heterocycles. The number of aromatic hydroxyl groups is 2. The van der Waals surface area contributed by atoms with E-state index in [0.29, 0.717) is 45.6 Å². The summed E-state index contributed by atoms with van der Waals surface area (Å²) in [6.07, 6.45) is 3.48. The molecule has 0 unspecified atom stereocenters. The van der Waals surface area contributed by atoms with Gasteiger partial charge in [0.2, 0.25) is 0 Å². The topological polar surface area (TPSA) is 111 Å². The molecular weight excluding hydrogens is 452 g/mol. The number of phenolic OH excluding ortho intramolecular Hbond substituents is 2. The Balaban J connectivity index is 1.60. The number of aromatic nitrogens is 2. The molecule has 4 aromatic carbocycles. The Labute approximate surface area is 206 Å². The molecule has 0 radical (unpaired) electrons. The minimum absolute atomic E-state index is 0.0990. The van der Waals surface area contributed by atoms with Crippen LogP contribution in [0.5, 0.6) is 11.5 Å². The van der Waals surface area contributed by atoms with Crippen molar-refractivity contribution in [1.82, 2.24) is 9.97 Å². The number of aromatic amines is 1. The average Bonchev–Trinajstić information content (AvgIpc) is 2.89. The molecule has 5 rings (SSSR count). The third kappa shape index (κ3) is 5.05. The first-order chi connectivity index (χ1) is 17.6. The number of nitrogens with one attached hydrogen (secondary N) is 1. The lowest BCUT2D eigenvalue weighted by atomic mass is 10.1. The molecular formula is C29H22N4O3. The first kappa shape index (κ1) is 22.7. The first-order valence-electron chi connectivity index (χ1n) is 11.3. The first-order valence-corrected chi connectivity index (χ1v) is 11.3. The number of aliphatic imine (C=N–C) groups is 2. The molecule has 0 amide bonds. The molecule has 0 aliphatic carbocycles. The van der Waals surface area contributed by atoms with Gasteiger partial charge in [0.1, 0.15) is 17.2 Å². The number of para-hydroxylation sites is 2. The summed E-state index contributed by atoms with van der Waals surface area (Å²) in [5.41, 5.74) is 4.23. The van der Waals surface area contributed by atoms with Crippen LogP contribution in [-0.4, -0.2) is 32.6 Å². The summed E-state index contributed by atoms with van der Waals surface area (Å²) < 4.78 is 0. The highest BCUT2D eigenvalue weighted by molar-refractivity contribution is 5.93. The van der Waals surface area contributed by atoms with Gasteiger partial charge in [-0.15, -0.1) is 0 Å². The smallest absolute Gasteiger partial charge is 0.270 e. The second kappa shape index (κ2) is 10.1. The predicted octanol–water partition coefficient (Wildman–Crippen LogP) is 5.43. The monoisotopic (exact) mass is 474 g/mol. The third-order valence-electron chi connectivity index (χ3n) is 5.63. The van der Waals surface area contributed by atoms with Crippen LogP contribution in [0, 0.1) is 0 Å². The summed E-state index contributed by atoms with van der Waals surface area (Å²) in [4.78, 5) is 29.4. The molecule has 176 valence electrons. The van der Waals surface area contributed by atoms with Gasteiger partial charge in [-0.25, -0.2) is 4.98 Å². The molecule has 1 aromatic heterocycles. The van der Waals surface area contributed by atoms with Gasteiger partial charge < -0.3 is 15.2 Å². The van der Waals surface area contributed by atoms with E-state index in [1.54, 1.807) is 66.9 Å². The molecule has 0 atom stereocenters. The van der Waals surface area contributed by atoms with Crippen molar-refractivity contribution in [2.24, 2.45) is 9.98 Å². The minimum Gasteiger partial charge on any atom is -0.507 e. The highest BCUT2D eigenvalue weighted by Crippen LogP contribution is 2.32. The van der Waals surface area contributed by atoms with E-state index in [2.05, 4.69) is 20.0 Å². The Morgan fingerprint density at radius 2 is 1.31 bits per heavy atom.